The molecular weight excluding hydrogens is 231 g/mol. The van der Waals surface area contributed by atoms with Crippen LogP contribution in [0.25, 0.3) is 5.73 Å². The second kappa shape index (κ2) is 8.98. The Morgan fingerprint density at radius 1 is 1.17 bits per heavy atom. The molecule has 0 heterocycles. The van der Waals surface area contributed by atoms with E-state index < -0.39 is 0 Å². The maximum Gasteiger partial charge on any atom is 0.119 e. The minimum Gasteiger partial charge on any atom is -0.680 e. The molecule has 0 fully saturated rings. The van der Waals surface area contributed by atoms with Gasteiger partial charge in [-0.15, -0.1) is 0 Å². The molecule has 1 radical (unpaired) electrons. The van der Waals surface area contributed by atoms with Gasteiger partial charge in [-0.25, -0.2) is 0 Å². The standard InChI is InChI=1S/C7H8O2.CH4N.Y/c1-9-7-4-2-6(8)3-5-7;1-2;/h2-5,8H,1H3;2H,1H3;/q;-1;. The molecule has 0 spiro atoms. The van der Waals surface area contributed by atoms with E-state index in [0.29, 0.717) is 0 Å². The topological polar surface area (TPSA) is 53.3 Å². The van der Waals surface area contributed by atoms with Crippen molar-refractivity contribution in [3.05, 3.63) is 30.0 Å². The molecular formula is C8H12NO2Y-. The molecule has 2 N–H and O–H groups in total. The van der Waals surface area contributed by atoms with Gasteiger partial charge in [0.1, 0.15) is 11.5 Å². The summed E-state index contributed by atoms with van der Waals surface area (Å²) in [7, 11) is 2.84. The molecule has 3 nitrogen and oxygen atoms in total. The van der Waals surface area contributed by atoms with Crippen LogP contribution >= 0.6 is 0 Å². The predicted octanol–water partition coefficient (Wildman–Crippen LogP) is 2.07. The Bertz CT molecular complexity index is 189. The number of hydrogen-bond acceptors (Lipinski definition) is 2. The number of nitrogens with one attached hydrogen (secondary N) is 1. The number of methoxy groups -OCH3 is 1. The van der Waals surface area contributed by atoms with Crippen molar-refractivity contribution in [2.45, 2.75) is 0 Å². The van der Waals surface area contributed by atoms with Gasteiger partial charge in [-0.3, -0.25) is 0 Å². The zero-order valence-corrected chi connectivity index (χ0v) is 10.1. The summed E-state index contributed by atoms with van der Waals surface area (Å²) in [5.41, 5.74) is 5.75. The number of phenolic OH excluding ortho intramolecular Hbond substituents is 1. The molecule has 0 aromatic heterocycles. The molecule has 65 valence electrons. The van der Waals surface area contributed by atoms with E-state index in [-0.39, 0.29) is 38.5 Å². The van der Waals surface area contributed by atoms with Gasteiger partial charge in [0.2, 0.25) is 0 Å². The molecule has 0 aliphatic carbocycles. The Kier molecular flexibility index (Phi) is 10.8. The fourth-order valence-electron chi connectivity index (χ4n) is 0.582. The van der Waals surface area contributed by atoms with E-state index in [2.05, 4.69) is 0 Å². The molecule has 0 aliphatic rings. The normalized spacial score (nSPS) is 7.25. The molecule has 1 rings (SSSR count). The largest absolute Gasteiger partial charge is 0.680 e. The van der Waals surface area contributed by atoms with Crippen molar-refractivity contribution >= 4 is 0 Å². The van der Waals surface area contributed by atoms with Crippen molar-refractivity contribution < 1.29 is 42.6 Å². The molecule has 0 bridgehead atoms. The first-order chi connectivity index (χ1) is 5.33. The smallest absolute Gasteiger partial charge is 0.119 e. The third-order valence-electron chi connectivity index (χ3n) is 1.07. The molecule has 0 unspecified atom stereocenters. The number of benzene rings is 1. The van der Waals surface area contributed by atoms with E-state index in [1.807, 2.05) is 0 Å². The van der Waals surface area contributed by atoms with Gasteiger partial charge in [0.05, 0.1) is 7.11 Å². The van der Waals surface area contributed by atoms with Crippen LogP contribution in [0.3, 0.4) is 0 Å². The van der Waals surface area contributed by atoms with Gasteiger partial charge in [0, 0.05) is 32.7 Å². The van der Waals surface area contributed by atoms with E-state index in [1.165, 1.54) is 7.05 Å². The summed E-state index contributed by atoms with van der Waals surface area (Å²) in [6.45, 7) is 0. The molecule has 12 heavy (non-hydrogen) atoms. The van der Waals surface area contributed by atoms with E-state index in [9.17, 15) is 0 Å². The van der Waals surface area contributed by atoms with Crippen molar-refractivity contribution in [2.75, 3.05) is 14.2 Å². The first-order valence-electron chi connectivity index (χ1n) is 3.16. The number of hydrogen-bond donors (Lipinski definition) is 1. The number of rotatable bonds is 1. The Hall–Kier alpha value is -0.116. The fraction of sp³-hybridized carbons (Fsp3) is 0.250. The van der Waals surface area contributed by atoms with Crippen LogP contribution in [-0.4, -0.2) is 19.3 Å². The molecule has 0 saturated carbocycles. The van der Waals surface area contributed by atoms with Gasteiger partial charge in [0.15, 0.2) is 0 Å². The SMILES string of the molecule is COc1ccc(O)cc1.C[NH-].[Y]. The van der Waals surface area contributed by atoms with Crippen LogP contribution in [0, 0.1) is 0 Å². The van der Waals surface area contributed by atoms with E-state index >= 15 is 0 Å². The van der Waals surface area contributed by atoms with Crippen molar-refractivity contribution in [1.29, 1.82) is 0 Å². The molecule has 0 saturated heterocycles. The molecule has 1 aromatic rings. The summed E-state index contributed by atoms with van der Waals surface area (Å²) in [4.78, 5) is 0. The summed E-state index contributed by atoms with van der Waals surface area (Å²) in [5.74, 6) is 1.02. The summed E-state index contributed by atoms with van der Waals surface area (Å²) in [5, 5.41) is 8.80. The number of aromatic hydroxyl groups is 1. The van der Waals surface area contributed by atoms with Crippen LogP contribution in [0.5, 0.6) is 11.5 Å². The van der Waals surface area contributed by atoms with Gasteiger partial charge >= 0.3 is 0 Å². The Morgan fingerprint density at radius 2 is 1.58 bits per heavy atom. The van der Waals surface area contributed by atoms with Crippen molar-refractivity contribution in [3.8, 4) is 11.5 Å². The van der Waals surface area contributed by atoms with E-state index in [0.717, 1.165) is 5.75 Å². The van der Waals surface area contributed by atoms with Gasteiger partial charge in [-0.05, 0) is 24.3 Å². The monoisotopic (exact) mass is 243 g/mol. The first-order valence-corrected chi connectivity index (χ1v) is 3.16. The van der Waals surface area contributed by atoms with E-state index in [4.69, 9.17) is 15.6 Å². The van der Waals surface area contributed by atoms with Crippen LogP contribution in [-0.2, 0) is 32.7 Å². The van der Waals surface area contributed by atoms with Crippen molar-refractivity contribution in [2.24, 2.45) is 0 Å². The minimum absolute atomic E-state index is 0. The van der Waals surface area contributed by atoms with Gasteiger partial charge in [0.25, 0.3) is 0 Å². The summed E-state index contributed by atoms with van der Waals surface area (Å²) in [6.07, 6.45) is 0. The first kappa shape index (κ1) is 14.4. The molecule has 1 aromatic carbocycles. The molecule has 0 amide bonds. The van der Waals surface area contributed by atoms with Gasteiger partial charge in [-0.2, -0.15) is 7.05 Å². The maximum absolute atomic E-state index is 8.80. The summed E-state index contributed by atoms with van der Waals surface area (Å²) < 4.78 is 4.86. The second-order valence-corrected chi connectivity index (χ2v) is 1.70. The molecule has 0 aliphatic heterocycles. The molecule has 0 atom stereocenters. The maximum atomic E-state index is 8.80. The third kappa shape index (κ3) is 5.52. The summed E-state index contributed by atoms with van der Waals surface area (Å²) in [6, 6.07) is 6.57. The second-order valence-electron chi connectivity index (χ2n) is 1.70. The van der Waals surface area contributed by atoms with Gasteiger partial charge in [-0.1, -0.05) is 0 Å². The van der Waals surface area contributed by atoms with Crippen LogP contribution in [0.15, 0.2) is 24.3 Å². The Balaban J connectivity index is 0. The number of ether oxygens (including phenoxy) is 1. The average Bonchev–Trinajstić information content (AvgIpc) is 2.10. The van der Waals surface area contributed by atoms with Gasteiger partial charge < -0.3 is 15.6 Å². The number of phenols is 1. The van der Waals surface area contributed by atoms with Crippen LogP contribution in [0.4, 0.5) is 0 Å². The third-order valence-corrected chi connectivity index (χ3v) is 1.07. The van der Waals surface area contributed by atoms with E-state index in [1.54, 1.807) is 31.4 Å². The van der Waals surface area contributed by atoms with Crippen LogP contribution in [0.2, 0.25) is 0 Å². The Morgan fingerprint density at radius 3 is 1.92 bits per heavy atom. The predicted molar refractivity (Wildman–Crippen MR) is 44.9 cm³/mol. The molecule has 4 heteroatoms. The zero-order valence-electron chi connectivity index (χ0n) is 7.24. The van der Waals surface area contributed by atoms with Crippen molar-refractivity contribution in [1.82, 2.24) is 0 Å². The average molecular weight is 243 g/mol. The Labute approximate surface area is 97.8 Å². The summed E-state index contributed by atoms with van der Waals surface area (Å²) >= 11 is 0. The zero-order chi connectivity index (χ0) is 8.69. The minimum atomic E-state index is 0. The van der Waals surface area contributed by atoms with Crippen molar-refractivity contribution in [3.63, 3.8) is 0 Å². The fourth-order valence-corrected chi connectivity index (χ4v) is 0.582. The van der Waals surface area contributed by atoms with Crippen LogP contribution in [0.1, 0.15) is 0 Å². The van der Waals surface area contributed by atoms with Crippen LogP contribution < -0.4 is 4.74 Å². The quantitative estimate of drug-likeness (QED) is 0.820.